The molecule has 0 aliphatic carbocycles. The van der Waals surface area contributed by atoms with Crippen LogP contribution in [0.4, 0.5) is 10.2 Å². The smallest absolute Gasteiger partial charge is 0.234 e. The Kier molecular flexibility index (Phi) is 7.56. The number of piperazine rings is 1. The fourth-order valence-corrected chi connectivity index (χ4v) is 4.53. The van der Waals surface area contributed by atoms with Gasteiger partial charge in [-0.15, -0.1) is 0 Å². The Morgan fingerprint density at radius 2 is 2.08 bits per heavy atom. The summed E-state index contributed by atoms with van der Waals surface area (Å²) in [6, 6.07) is 18.6. The standard InChI is InChI=1S/C27H27FN6O2/c1-34-15-23(32-24(35)16-34)25(26(30)36)21-9-10-22(20-8-3-2-6-18(20)14-29)33-27(21)31-12-11-17-5-4-7-19(28)13-17/h2-10,13,23,25H,11-12,15-16H2,1H3,(H2,30,36)(H,31,33)(H,32,35). The van der Waals surface area contributed by atoms with E-state index in [1.807, 2.05) is 24.1 Å². The van der Waals surface area contributed by atoms with Crippen molar-refractivity contribution < 1.29 is 14.0 Å². The maximum Gasteiger partial charge on any atom is 0.234 e. The Labute approximate surface area is 208 Å². The summed E-state index contributed by atoms with van der Waals surface area (Å²) < 4.78 is 13.6. The van der Waals surface area contributed by atoms with Gasteiger partial charge in [-0.1, -0.05) is 36.4 Å². The molecule has 36 heavy (non-hydrogen) atoms. The molecular formula is C27H27FN6O2. The molecule has 1 aromatic heterocycles. The number of amides is 2. The van der Waals surface area contributed by atoms with Crippen LogP contribution in [0.5, 0.6) is 0 Å². The number of carbonyl (C=O) groups is 2. The summed E-state index contributed by atoms with van der Waals surface area (Å²) in [7, 11) is 1.81. The maximum atomic E-state index is 13.6. The highest BCUT2D eigenvalue weighted by Gasteiger charge is 2.35. The maximum absolute atomic E-state index is 13.6. The summed E-state index contributed by atoms with van der Waals surface area (Å²) in [5.41, 5.74) is 8.87. The minimum atomic E-state index is -0.832. The highest BCUT2D eigenvalue weighted by atomic mass is 19.1. The van der Waals surface area contributed by atoms with Crippen molar-refractivity contribution in [2.75, 3.05) is 32.0 Å². The second kappa shape index (κ2) is 11.0. The van der Waals surface area contributed by atoms with E-state index in [1.165, 1.54) is 12.1 Å². The first kappa shape index (κ1) is 24.8. The molecule has 0 spiro atoms. The van der Waals surface area contributed by atoms with E-state index in [-0.39, 0.29) is 18.3 Å². The van der Waals surface area contributed by atoms with Crippen LogP contribution >= 0.6 is 0 Å². The number of anilines is 1. The molecule has 0 saturated carbocycles. The van der Waals surface area contributed by atoms with Crippen molar-refractivity contribution in [2.45, 2.75) is 18.4 Å². The monoisotopic (exact) mass is 486 g/mol. The van der Waals surface area contributed by atoms with Gasteiger partial charge < -0.3 is 16.4 Å². The van der Waals surface area contributed by atoms with Crippen LogP contribution in [0, 0.1) is 17.1 Å². The number of carbonyl (C=O) groups excluding carboxylic acids is 2. The number of nitrogens with one attached hydrogen (secondary N) is 2. The van der Waals surface area contributed by atoms with E-state index < -0.39 is 17.9 Å². The van der Waals surface area contributed by atoms with E-state index in [1.54, 1.807) is 36.4 Å². The van der Waals surface area contributed by atoms with Crippen molar-refractivity contribution >= 4 is 17.6 Å². The minimum absolute atomic E-state index is 0.187. The number of hydrogen-bond donors (Lipinski definition) is 3. The first-order chi connectivity index (χ1) is 17.4. The first-order valence-electron chi connectivity index (χ1n) is 11.6. The molecule has 9 heteroatoms. The average molecular weight is 487 g/mol. The summed E-state index contributed by atoms with van der Waals surface area (Å²) in [5, 5.41) is 15.7. The van der Waals surface area contributed by atoms with Gasteiger partial charge in [-0.05, 0) is 43.3 Å². The van der Waals surface area contributed by atoms with E-state index in [2.05, 4.69) is 16.7 Å². The van der Waals surface area contributed by atoms with E-state index in [0.29, 0.717) is 47.7 Å². The molecule has 1 aliphatic rings. The predicted octanol–water partition coefficient (Wildman–Crippen LogP) is 2.41. The fraction of sp³-hybridized carbons (Fsp3) is 0.259. The zero-order valence-electron chi connectivity index (χ0n) is 19.9. The molecule has 1 aliphatic heterocycles. The Morgan fingerprint density at radius 1 is 1.28 bits per heavy atom. The molecule has 2 amide bonds. The van der Waals surface area contributed by atoms with Gasteiger partial charge in [-0.3, -0.25) is 14.5 Å². The van der Waals surface area contributed by atoms with Crippen molar-refractivity contribution in [3.63, 3.8) is 0 Å². The van der Waals surface area contributed by atoms with Crippen LogP contribution in [-0.4, -0.2) is 54.4 Å². The summed E-state index contributed by atoms with van der Waals surface area (Å²) in [4.78, 5) is 31.5. The summed E-state index contributed by atoms with van der Waals surface area (Å²) >= 11 is 0. The van der Waals surface area contributed by atoms with Gasteiger partial charge in [0, 0.05) is 24.2 Å². The molecule has 4 rings (SSSR count). The highest BCUT2D eigenvalue weighted by Crippen LogP contribution is 2.31. The third-order valence-corrected chi connectivity index (χ3v) is 6.16. The van der Waals surface area contributed by atoms with Crippen molar-refractivity contribution in [1.29, 1.82) is 5.26 Å². The number of nitrogens with two attached hydrogens (primary N) is 1. The minimum Gasteiger partial charge on any atom is -0.369 e. The number of nitrogens with zero attached hydrogens (tertiary/aromatic N) is 3. The Balaban J connectivity index is 1.71. The molecule has 2 atom stereocenters. The number of likely N-dealkylation sites (N-methyl/N-ethyl adjacent to an activating group) is 1. The lowest BCUT2D eigenvalue weighted by Gasteiger charge is -2.35. The number of aromatic nitrogens is 1. The van der Waals surface area contributed by atoms with Crippen LogP contribution in [0.15, 0.2) is 60.7 Å². The van der Waals surface area contributed by atoms with Gasteiger partial charge >= 0.3 is 0 Å². The molecular weight excluding hydrogens is 459 g/mol. The third kappa shape index (κ3) is 5.67. The number of hydrogen-bond acceptors (Lipinski definition) is 6. The number of pyridine rings is 1. The van der Waals surface area contributed by atoms with Crippen LogP contribution in [0.2, 0.25) is 0 Å². The lowest BCUT2D eigenvalue weighted by atomic mass is 9.89. The molecule has 2 heterocycles. The van der Waals surface area contributed by atoms with Gasteiger partial charge in [0.15, 0.2) is 0 Å². The first-order valence-corrected chi connectivity index (χ1v) is 11.6. The van der Waals surface area contributed by atoms with Gasteiger partial charge in [-0.2, -0.15) is 5.26 Å². The van der Waals surface area contributed by atoms with Crippen molar-refractivity contribution in [3.8, 4) is 17.3 Å². The quantitative estimate of drug-likeness (QED) is 0.449. The van der Waals surface area contributed by atoms with Crippen LogP contribution in [0.25, 0.3) is 11.3 Å². The summed E-state index contributed by atoms with van der Waals surface area (Å²) in [6.45, 7) is 1.10. The van der Waals surface area contributed by atoms with Crippen LogP contribution in [0.3, 0.4) is 0 Å². The van der Waals surface area contributed by atoms with Crippen molar-refractivity contribution in [2.24, 2.45) is 5.73 Å². The molecule has 4 N–H and O–H groups in total. The lowest BCUT2D eigenvalue weighted by molar-refractivity contribution is -0.126. The van der Waals surface area contributed by atoms with Crippen molar-refractivity contribution in [3.05, 3.63) is 83.2 Å². The third-order valence-electron chi connectivity index (χ3n) is 6.16. The van der Waals surface area contributed by atoms with E-state index >= 15 is 0 Å². The molecule has 2 unspecified atom stereocenters. The molecule has 0 radical (unpaired) electrons. The van der Waals surface area contributed by atoms with E-state index in [4.69, 9.17) is 10.7 Å². The number of primary amides is 1. The molecule has 0 bridgehead atoms. The summed E-state index contributed by atoms with van der Waals surface area (Å²) in [6.07, 6.45) is 0.516. The fourth-order valence-electron chi connectivity index (χ4n) is 4.53. The zero-order chi connectivity index (χ0) is 25.7. The van der Waals surface area contributed by atoms with Gasteiger partial charge in [0.25, 0.3) is 0 Å². The molecule has 8 nitrogen and oxygen atoms in total. The van der Waals surface area contributed by atoms with Crippen LogP contribution in [-0.2, 0) is 16.0 Å². The van der Waals surface area contributed by atoms with E-state index in [0.717, 1.165) is 5.56 Å². The lowest BCUT2D eigenvalue weighted by Crippen LogP contribution is -2.57. The SMILES string of the molecule is CN1CC(=O)NC(C(C(N)=O)c2ccc(-c3ccccc3C#N)nc2NCCc2cccc(F)c2)C1. The summed E-state index contributed by atoms with van der Waals surface area (Å²) in [5.74, 6) is -1.50. The van der Waals surface area contributed by atoms with Gasteiger partial charge in [0.05, 0.1) is 35.8 Å². The predicted molar refractivity (Wildman–Crippen MR) is 134 cm³/mol. The van der Waals surface area contributed by atoms with Gasteiger partial charge in [0.2, 0.25) is 11.8 Å². The molecule has 2 aromatic carbocycles. The molecule has 1 saturated heterocycles. The number of rotatable bonds is 8. The largest absolute Gasteiger partial charge is 0.369 e. The normalized spacial score (nSPS) is 16.6. The Hall–Kier alpha value is -4.29. The van der Waals surface area contributed by atoms with Crippen LogP contribution in [0.1, 0.15) is 22.6 Å². The number of nitriles is 1. The second-order valence-electron chi connectivity index (χ2n) is 8.85. The van der Waals surface area contributed by atoms with Gasteiger partial charge in [0.1, 0.15) is 11.6 Å². The average Bonchev–Trinajstić information content (AvgIpc) is 2.84. The van der Waals surface area contributed by atoms with Gasteiger partial charge in [-0.25, -0.2) is 9.37 Å². The topological polar surface area (TPSA) is 124 Å². The van der Waals surface area contributed by atoms with E-state index in [9.17, 15) is 19.2 Å². The number of halogens is 1. The number of benzene rings is 2. The Bertz CT molecular complexity index is 1320. The molecule has 184 valence electrons. The highest BCUT2D eigenvalue weighted by molar-refractivity contribution is 5.87. The Morgan fingerprint density at radius 3 is 2.81 bits per heavy atom. The molecule has 1 fully saturated rings. The van der Waals surface area contributed by atoms with Crippen LogP contribution < -0.4 is 16.4 Å². The molecule has 3 aromatic rings. The second-order valence-corrected chi connectivity index (χ2v) is 8.85. The zero-order valence-corrected chi connectivity index (χ0v) is 19.9. The van der Waals surface area contributed by atoms with Crippen molar-refractivity contribution in [1.82, 2.24) is 15.2 Å².